The maximum Gasteiger partial charge on any atom is 0.0713 e. The third-order valence-electron chi connectivity index (χ3n) is 5.92. The van der Waals surface area contributed by atoms with Gasteiger partial charge in [0.05, 0.1) is 5.41 Å². The standard InChI is InChI=1S/C27H22.2CH4/c1-19-11-15-21(16-12-19)27(22-17-13-20(2)14-18-22)25-9-5-3-7-23(25)24-8-4-6-10-26(24)27;;/h3-18H,1-2H3;2*1H4. The molecule has 0 unspecified atom stereocenters. The zero-order chi connectivity index (χ0) is 18.4. The van der Waals surface area contributed by atoms with E-state index in [1.807, 2.05) is 0 Å². The van der Waals surface area contributed by atoms with Crippen LogP contribution in [0.4, 0.5) is 0 Å². The Kier molecular flexibility index (Phi) is 5.48. The van der Waals surface area contributed by atoms with Crippen LogP contribution in [-0.2, 0) is 5.41 Å². The predicted molar refractivity (Wildman–Crippen MR) is 127 cm³/mol. The second-order valence-corrected chi connectivity index (χ2v) is 7.57. The van der Waals surface area contributed by atoms with Gasteiger partial charge in [-0.05, 0) is 47.2 Å². The van der Waals surface area contributed by atoms with Crippen molar-refractivity contribution in [1.82, 2.24) is 0 Å². The molecule has 4 aromatic rings. The summed E-state index contributed by atoms with van der Waals surface area (Å²) in [6.45, 7) is 4.30. The first kappa shape index (κ1) is 20.6. The average molecular weight is 379 g/mol. The molecule has 29 heavy (non-hydrogen) atoms. The zero-order valence-corrected chi connectivity index (χ0v) is 15.7. The zero-order valence-electron chi connectivity index (χ0n) is 15.7. The Balaban J connectivity index is 0.00000120. The summed E-state index contributed by atoms with van der Waals surface area (Å²) in [5, 5.41) is 0. The molecule has 0 nitrogen and oxygen atoms in total. The van der Waals surface area contributed by atoms with Crippen LogP contribution in [0, 0.1) is 13.8 Å². The van der Waals surface area contributed by atoms with Gasteiger partial charge in [0.1, 0.15) is 0 Å². The third-order valence-corrected chi connectivity index (χ3v) is 5.92. The smallest absolute Gasteiger partial charge is 0.0713 e. The maximum absolute atomic E-state index is 2.30. The second-order valence-electron chi connectivity index (χ2n) is 7.57. The van der Waals surface area contributed by atoms with Crippen LogP contribution in [-0.4, -0.2) is 0 Å². The Morgan fingerprint density at radius 1 is 0.448 bits per heavy atom. The number of aryl methyl sites for hydroxylation is 2. The van der Waals surface area contributed by atoms with E-state index in [1.165, 1.54) is 44.5 Å². The first-order valence-electron chi connectivity index (χ1n) is 9.55. The highest BCUT2D eigenvalue weighted by molar-refractivity contribution is 5.86. The molecule has 0 N–H and O–H groups in total. The summed E-state index contributed by atoms with van der Waals surface area (Å²) in [6.07, 6.45) is 0. The molecule has 146 valence electrons. The fraction of sp³-hybridized carbons (Fsp3) is 0.172. The van der Waals surface area contributed by atoms with Crippen LogP contribution in [0.5, 0.6) is 0 Å². The van der Waals surface area contributed by atoms with Crippen LogP contribution in [0.15, 0.2) is 97.1 Å². The normalized spacial score (nSPS) is 12.9. The minimum absolute atomic E-state index is 0. The first-order valence-corrected chi connectivity index (χ1v) is 9.55. The fourth-order valence-electron chi connectivity index (χ4n) is 4.63. The summed E-state index contributed by atoms with van der Waals surface area (Å²) < 4.78 is 0. The van der Waals surface area contributed by atoms with Crippen molar-refractivity contribution in [2.45, 2.75) is 34.1 Å². The van der Waals surface area contributed by atoms with Crippen molar-refractivity contribution in [3.8, 4) is 11.1 Å². The van der Waals surface area contributed by atoms with Crippen molar-refractivity contribution in [1.29, 1.82) is 0 Å². The van der Waals surface area contributed by atoms with Gasteiger partial charge in [0.15, 0.2) is 0 Å². The van der Waals surface area contributed by atoms with E-state index in [9.17, 15) is 0 Å². The van der Waals surface area contributed by atoms with Gasteiger partial charge in [-0.25, -0.2) is 0 Å². The minimum Gasteiger partial charge on any atom is -0.0776 e. The second kappa shape index (κ2) is 7.72. The molecule has 0 aliphatic heterocycles. The Morgan fingerprint density at radius 3 is 1.17 bits per heavy atom. The highest BCUT2D eigenvalue weighted by Crippen LogP contribution is 2.55. The summed E-state index contributed by atoms with van der Waals surface area (Å²) in [4.78, 5) is 0. The SMILES string of the molecule is C.C.Cc1ccc(C2(c3ccc(C)cc3)c3ccccc3-c3ccccc32)cc1. The molecule has 0 heteroatoms. The van der Waals surface area contributed by atoms with Crippen LogP contribution in [0.3, 0.4) is 0 Å². The van der Waals surface area contributed by atoms with E-state index >= 15 is 0 Å². The average Bonchev–Trinajstić information content (AvgIpc) is 3.01. The van der Waals surface area contributed by atoms with Crippen LogP contribution in [0.25, 0.3) is 11.1 Å². The first-order chi connectivity index (χ1) is 13.2. The van der Waals surface area contributed by atoms with Gasteiger partial charge in [-0.2, -0.15) is 0 Å². The Labute approximate surface area is 175 Å². The lowest BCUT2D eigenvalue weighted by atomic mass is 9.67. The fourth-order valence-corrected chi connectivity index (χ4v) is 4.63. The lowest BCUT2D eigenvalue weighted by Gasteiger charge is -2.34. The van der Waals surface area contributed by atoms with Crippen LogP contribution in [0.2, 0.25) is 0 Å². The lowest BCUT2D eigenvalue weighted by Crippen LogP contribution is -2.28. The van der Waals surface area contributed by atoms with Gasteiger partial charge in [-0.15, -0.1) is 0 Å². The molecule has 5 rings (SSSR count). The molecule has 0 atom stereocenters. The van der Waals surface area contributed by atoms with Gasteiger partial charge in [0.2, 0.25) is 0 Å². The van der Waals surface area contributed by atoms with Crippen molar-refractivity contribution in [3.05, 3.63) is 130 Å². The molecular formula is C29H30. The predicted octanol–water partition coefficient (Wildman–Crippen LogP) is 7.94. The molecule has 0 bridgehead atoms. The number of rotatable bonds is 2. The summed E-state index contributed by atoms with van der Waals surface area (Å²) in [5.41, 5.74) is 10.4. The van der Waals surface area contributed by atoms with Gasteiger partial charge in [-0.3, -0.25) is 0 Å². The minimum atomic E-state index is -0.269. The molecule has 0 saturated carbocycles. The van der Waals surface area contributed by atoms with Crippen molar-refractivity contribution in [2.75, 3.05) is 0 Å². The van der Waals surface area contributed by atoms with Gasteiger partial charge < -0.3 is 0 Å². The lowest BCUT2D eigenvalue weighted by molar-refractivity contribution is 0.767. The molecule has 0 heterocycles. The summed E-state index contributed by atoms with van der Waals surface area (Å²) in [6, 6.07) is 35.9. The number of hydrogen-bond acceptors (Lipinski definition) is 0. The monoisotopic (exact) mass is 378 g/mol. The Bertz CT molecular complexity index is 1020. The molecule has 0 saturated heterocycles. The molecule has 0 fully saturated rings. The molecule has 1 aliphatic carbocycles. The molecule has 0 aromatic heterocycles. The van der Waals surface area contributed by atoms with Crippen molar-refractivity contribution >= 4 is 0 Å². The molecular weight excluding hydrogens is 348 g/mol. The molecule has 1 aliphatic rings. The molecule has 0 amide bonds. The van der Waals surface area contributed by atoms with Gasteiger partial charge in [0.25, 0.3) is 0 Å². The third kappa shape index (κ3) is 2.91. The largest absolute Gasteiger partial charge is 0.0776 e. The maximum atomic E-state index is 2.30. The van der Waals surface area contributed by atoms with Crippen LogP contribution < -0.4 is 0 Å². The molecule has 4 aromatic carbocycles. The Hall–Kier alpha value is -3.12. The van der Waals surface area contributed by atoms with Crippen molar-refractivity contribution in [3.63, 3.8) is 0 Å². The van der Waals surface area contributed by atoms with E-state index in [4.69, 9.17) is 0 Å². The quantitative estimate of drug-likeness (QED) is 0.292. The van der Waals surface area contributed by atoms with Gasteiger partial charge in [0, 0.05) is 0 Å². The van der Waals surface area contributed by atoms with Gasteiger partial charge in [-0.1, -0.05) is 123 Å². The van der Waals surface area contributed by atoms with Crippen molar-refractivity contribution in [2.24, 2.45) is 0 Å². The van der Waals surface area contributed by atoms with E-state index < -0.39 is 0 Å². The molecule has 0 spiro atoms. The molecule has 0 radical (unpaired) electrons. The summed E-state index contributed by atoms with van der Waals surface area (Å²) in [5.74, 6) is 0. The van der Waals surface area contributed by atoms with E-state index in [2.05, 4.69) is 111 Å². The van der Waals surface area contributed by atoms with E-state index in [-0.39, 0.29) is 20.3 Å². The topological polar surface area (TPSA) is 0 Å². The Morgan fingerprint density at radius 2 is 0.793 bits per heavy atom. The summed E-state index contributed by atoms with van der Waals surface area (Å²) >= 11 is 0. The van der Waals surface area contributed by atoms with Crippen molar-refractivity contribution < 1.29 is 0 Å². The number of hydrogen-bond donors (Lipinski definition) is 0. The van der Waals surface area contributed by atoms with Gasteiger partial charge >= 0.3 is 0 Å². The highest BCUT2D eigenvalue weighted by atomic mass is 14.5. The van der Waals surface area contributed by atoms with Crippen LogP contribution >= 0.6 is 0 Å². The van der Waals surface area contributed by atoms with Crippen LogP contribution in [0.1, 0.15) is 48.2 Å². The highest BCUT2D eigenvalue weighted by Gasteiger charge is 2.45. The summed E-state index contributed by atoms with van der Waals surface area (Å²) in [7, 11) is 0. The number of benzene rings is 4. The van der Waals surface area contributed by atoms with E-state index in [0.717, 1.165) is 0 Å². The number of fused-ring (bicyclic) bond motifs is 3. The van der Waals surface area contributed by atoms with E-state index in [0.29, 0.717) is 0 Å². The van der Waals surface area contributed by atoms with E-state index in [1.54, 1.807) is 0 Å².